The predicted octanol–water partition coefficient (Wildman–Crippen LogP) is 4.41. The van der Waals surface area contributed by atoms with Crippen LogP contribution in [-0.2, 0) is 0 Å². The highest BCUT2D eigenvalue weighted by atomic mass is 19.1. The van der Waals surface area contributed by atoms with E-state index in [1.807, 2.05) is 13.0 Å². The Labute approximate surface area is 116 Å². The van der Waals surface area contributed by atoms with Crippen molar-refractivity contribution < 1.29 is 4.39 Å². The summed E-state index contributed by atoms with van der Waals surface area (Å²) in [6.45, 7) is 6.46. The Kier molecular flexibility index (Phi) is 5.38. The van der Waals surface area contributed by atoms with Gasteiger partial charge in [-0.05, 0) is 74.4 Å². The third-order valence-corrected chi connectivity index (χ3v) is 4.37. The lowest BCUT2D eigenvalue weighted by atomic mass is 9.74. The Morgan fingerprint density at radius 2 is 2.05 bits per heavy atom. The quantitative estimate of drug-likeness (QED) is 0.776. The molecule has 0 spiro atoms. The zero-order chi connectivity index (χ0) is 13.7. The van der Waals surface area contributed by atoms with Crippen LogP contribution in [-0.4, -0.2) is 13.1 Å². The molecular weight excluding hydrogens is 237 g/mol. The van der Waals surface area contributed by atoms with Crippen molar-refractivity contribution in [2.75, 3.05) is 13.1 Å². The molecule has 2 heteroatoms. The Bertz CT molecular complexity index is 402. The van der Waals surface area contributed by atoms with Gasteiger partial charge in [0.05, 0.1) is 0 Å². The maximum Gasteiger partial charge on any atom is 0.123 e. The topological polar surface area (TPSA) is 12.0 Å². The van der Waals surface area contributed by atoms with E-state index < -0.39 is 0 Å². The van der Waals surface area contributed by atoms with Crippen molar-refractivity contribution in [2.24, 2.45) is 5.92 Å². The van der Waals surface area contributed by atoms with Crippen LogP contribution in [0.5, 0.6) is 0 Å². The van der Waals surface area contributed by atoms with Crippen LogP contribution in [0.2, 0.25) is 0 Å². The number of nitrogens with one attached hydrogen (secondary N) is 1. The number of rotatable bonds is 5. The summed E-state index contributed by atoms with van der Waals surface area (Å²) in [6.07, 6.45) is 6.40. The third-order valence-electron chi connectivity index (χ3n) is 4.37. The molecule has 1 aromatic carbocycles. The van der Waals surface area contributed by atoms with E-state index in [-0.39, 0.29) is 5.82 Å². The van der Waals surface area contributed by atoms with E-state index in [9.17, 15) is 4.39 Å². The molecule has 1 N–H and O–H groups in total. The van der Waals surface area contributed by atoms with Crippen molar-refractivity contribution in [1.82, 2.24) is 5.32 Å². The molecule has 106 valence electrons. The molecule has 2 rings (SSSR count). The van der Waals surface area contributed by atoms with Crippen LogP contribution in [0.15, 0.2) is 18.2 Å². The van der Waals surface area contributed by atoms with Gasteiger partial charge in [0, 0.05) is 0 Å². The van der Waals surface area contributed by atoms with Gasteiger partial charge in [0.2, 0.25) is 0 Å². The van der Waals surface area contributed by atoms with Crippen LogP contribution in [0.25, 0.3) is 0 Å². The number of halogens is 1. The number of hydrogen-bond donors (Lipinski definition) is 1. The molecule has 0 aliphatic heterocycles. The number of benzene rings is 1. The summed E-state index contributed by atoms with van der Waals surface area (Å²) in [5.74, 6) is 1.21. The Morgan fingerprint density at radius 3 is 2.79 bits per heavy atom. The van der Waals surface area contributed by atoms with Crippen molar-refractivity contribution in [3.63, 3.8) is 0 Å². The summed E-state index contributed by atoms with van der Waals surface area (Å²) in [5.41, 5.74) is 2.48. The highest BCUT2D eigenvalue weighted by molar-refractivity contribution is 5.30. The molecule has 0 heterocycles. The van der Waals surface area contributed by atoms with Gasteiger partial charge < -0.3 is 5.32 Å². The van der Waals surface area contributed by atoms with Crippen LogP contribution < -0.4 is 5.32 Å². The minimum absolute atomic E-state index is 0.113. The first-order valence-electron chi connectivity index (χ1n) is 7.69. The van der Waals surface area contributed by atoms with E-state index in [1.165, 1.54) is 37.7 Å². The van der Waals surface area contributed by atoms with Crippen LogP contribution in [0.4, 0.5) is 4.39 Å². The number of aryl methyl sites for hydroxylation is 1. The zero-order valence-electron chi connectivity index (χ0n) is 12.2. The molecule has 2 atom stereocenters. The van der Waals surface area contributed by atoms with E-state index in [4.69, 9.17) is 0 Å². The highest BCUT2D eigenvalue weighted by Gasteiger charge is 2.27. The second-order valence-corrected chi connectivity index (χ2v) is 5.86. The minimum atomic E-state index is -0.113. The SMILES string of the molecule is CCCNCC1CCCCC1c1ccc(F)cc1C. The Morgan fingerprint density at radius 1 is 1.26 bits per heavy atom. The molecule has 1 aliphatic rings. The number of hydrogen-bond acceptors (Lipinski definition) is 1. The molecule has 2 unspecified atom stereocenters. The summed E-state index contributed by atoms with van der Waals surface area (Å²) >= 11 is 0. The summed E-state index contributed by atoms with van der Waals surface area (Å²) in [6, 6.07) is 5.31. The predicted molar refractivity (Wildman–Crippen MR) is 79.0 cm³/mol. The van der Waals surface area contributed by atoms with Gasteiger partial charge in [-0.3, -0.25) is 0 Å². The van der Waals surface area contributed by atoms with Crippen LogP contribution in [0, 0.1) is 18.7 Å². The largest absolute Gasteiger partial charge is 0.316 e. The van der Waals surface area contributed by atoms with Crippen molar-refractivity contribution in [3.05, 3.63) is 35.1 Å². The minimum Gasteiger partial charge on any atom is -0.316 e. The second-order valence-electron chi connectivity index (χ2n) is 5.86. The van der Waals surface area contributed by atoms with Gasteiger partial charge >= 0.3 is 0 Å². The first-order chi connectivity index (χ1) is 9.22. The van der Waals surface area contributed by atoms with Gasteiger partial charge in [0.15, 0.2) is 0 Å². The smallest absolute Gasteiger partial charge is 0.123 e. The maximum atomic E-state index is 13.2. The summed E-state index contributed by atoms with van der Waals surface area (Å²) < 4.78 is 13.2. The summed E-state index contributed by atoms with van der Waals surface area (Å²) in [4.78, 5) is 0. The molecule has 1 fully saturated rings. The molecule has 0 aromatic heterocycles. The van der Waals surface area contributed by atoms with Crippen LogP contribution in [0.3, 0.4) is 0 Å². The lowest BCUT2D eigenvalue weighted by Crippen LogP contribution is -2.30. The second kappa shape index (κ2) is 7.04. The van der Waals surface area contributed by atoms with E-state index in [0.717, 1.165) is 18.7 Å². The normalized spacial score (nSPS) is 23.5. The van der Waals surface area contributed by atoms with Crippen molar-refractivity contribution in [2.45, 2.75) is 51.9 Å². The molecule has 0 radical (unpaired) electrons. The molecule has 19 heavy (non-hydrogen) atoms. The first kappa shape index (κ1) is 14.5. The molecule has 1 nitrogen and oxygen atoms in total. The summed E-state index contributed by atoms with van der Waals surface area (Å²) in [5, 5.41) is 3.56. The van der Waals surface area contributed by atoms with E-state index in [2.05, 4.69) is 12.2 Å². The molecular formula is C17H26FN. The van der Waals surface area contributed by atoms with Gasteiger partial charge in [0.1, 0.15) is 5.82 Å². The fourth-order valence-electron chi connectivity index (χ4n) is 3.38. The lowest BCUT2D eigenvalue weighted by molar-refractivity contribution is 0.295. The molecule has 0 saturated heterocycles. The fourth-order valence-corrected chi connectivity index (χ4v) is 3.38. The van der Waals surface area contributed by atoms with Gasteiger partial charge in [0.25, 0.3) is 0 Å². The standard InChI is InChI=1S/C17H26FN/c1-3-10-19-12-14-6-4-5-7-17(14)16-9-8-15(18)11-13(16)2/h8-9,11,14,17,19H,3-7,10,12H2,1-2H3. The monoisotopic (exact) mass is 263 g/mol. The molecule has 1 saturated carbocycles. The van der Waals surface area contributed by atoms with Crippen molar-refractivity contribution in [3.8, 4) is 0 Å². The van der Waals surface area contributed by atoms with E-state index in [0.29, 0.717) is 11.8 Å². The van der Waals surface area contributed by atoms with Crippen LogP contribution >= 0.6 is 0 Å². The molecule has 0 amide bonds. The third kappa shape index (κ3) is 3.79. The van der Waals surface area contributed by atoms with E-state index in [1.54, 1.807) is 12.1 Å². The fraction of sp³-hybridized carbons (Fsp3) is 0.647. The van der Waals surface area contributed by atoms with Crippen molar-refractivity contribution in [1.29, 1.82) is 0 Å². The summed E-state index contributed by atoms with van der Waals surface area (Å²) in [7, 11) is 0. The average molecular weight is 263 g/mol. The molecule has 0 bridgehead atoms. The lowest BCUT2D eigenvalue weighted by Gasteiger charge is -2.33. The van der Waals surface area contributed by atoms with Gasteiger partial charge in [-0.1, -0.05) is 25.8 Å². The van der Waals surface area contributed by atoms with Crippen molar-refractivity contribution >= 4 is 0 Å². The van der Waals surface area contributed by atoms with Gasteiger partial charge in [-0.15, -0.1) is 0 Å². The van der Waals surface area contributed by atoms with Gasteiger partial charge in [-0.2, -0.15) is 0 Å². The van der Waals surface area contributed by atoms with E-state index >= 15 is 0 Å². The Balaban J connectivity index is 2.09. The Hall–Kier alpha value is -0.890. The average Bonchev–Trinajstić information content (AvgIpc) is 2.40. The van der Waals surface area contributed by atoms with Crippen LogP contribution in [0.1, 0.15) is 56.1 Å². The highest BCUT2D eigenvalue weighted by Crippen LogP contribution is 2.38. The zero-order valence-corrected chi connectivity index (χ0v) is 12.2. The first-order valence-corrected chi connectivity index (χ1v) is 7.69. The molecule has 1 aliphatic carbocycles. The van der Waals surface area contributed by atoms with Gasteiger partial charge in [-0.25, -0.2) is 4.39 Å². The molecule has 1 aromatic rings. The maximum absolute atomic E-state index is 13.2.